The zero-order chi connectivity index (χ0) is 15.2. The topological polar surface area (TPSA) is 75.2 Å². The molecule has 0 radical (unpaired) electrons. The first-order valence-electron chi connectivity index (χ1n) is 7.58. The highest BCUT2D eigenvalue weighted by Gasteiger charge is 2.66. The smallest absolute Gasteiger partial charge is 0.166 e. The SMILES string of the molecule is CC1(C)O[C@@H]2[C@@H]3C[C@@H]3[C@@H](n3cnc4c(N)c(F)cnc43)[C@@H]2O1. The van der Waals surface area contributed by atoms with E-state index in [1.807, 2.05) is 18.4 Å². The summed E-state index contributed by atoms with van der Waals surface area (Å²) >= 11 is 0. The molecular weight excluding hydrogens is 287 g/mol. The number of nitrogen functional groups attached to an aromatic ring is 1. The minimum absolute atomic E-state index is 0.00997. The van der Waals surface area contributed by atoms with Crippen LogP contribution >= 0.6 is 0 Å². The molecule has 3 heterocycles. The van der Waals surface area contributed by atoms with Gasteiger partial charge in [-0.1, -0.05) is 0 Å². The highest BCUT2D eigenvalue weighted by molar-refractivity contribution is 5.84. The van der Waals surface area contributed by atoms with Gasteiger partial charge < -0.3 is 19.8 Å². The summed E-state index contributed by atoms with van der Waals surface area (Å²) in [6.07, 6.45) is 4.10. The van der Waals surface area contributed by atoms with E-state index in [1.165, 1.54) is 0 Å². The number of aromatic nitrogens is 3. The quantitative estimate of drug-likeness (QED) is 0.870. The van der Waals surface area contributed by atoms with Gasteiger partial charge in [0.05, 0.1) is 30.4 Å². The van der Waals surface area contributed by atoms with Crippen LogP contribution in [-0.4, -0.2) is 32.5 Å². The van der Waals surface area contributed by atoms with E-state index in [0.29, 0.717) is 23.0 Å². The predicted octanol–water partition coefficient (Wildman–Crippen LogP) is 1.86. The Balaban J connectivity index is 1.62. The molecule has 5 rings (SSSR count). The summed E-state index contributed by atoms with van der Waals surface area (Å²) in [5, 5.41) is 0. The molecule has 0 spiro atoms. The lowest BCUT2D eigenvalue weighted by Crippen LogP contribution is -2.30. The zero-order valence-electron chi connectivity index (χ0n) is 12.4. The van der Waals surface area contributed by atoms with E-state index in [1.54, 1.807) is 6.33 Å². The van der Waals surface area contributed by atoms with Crippen LogP contribution in [-0.2, 0) is 9.47 Å². The van der Waals surface area contributed by atoms with Gasteiger partial charge in [-0.15, -0.1) is 0 Å². The number of fused-ring (bicyclic) bond motifs is 4. The van der Waals surface area contributed by atoms with Crippen LogP contribution in [0, 0.1) is 17.7 Å². The van der Waals surface area contributed by atoms with Crippen molar-refractivity contribution in [1.29, 1.82) is 0 Å². The Bertz CT molecular complexity index is 789. The van der Waals surface area contributed by atoms with Crippen molar-refractivity contribution in [2.45, 2.75) is 44.3 Å². The molecule has 2 aromatic heterocycles. The second-order valence-corrected chi connectivity index (χ2v) is 6.96. The van der Waals surface area contributed by atoms with E-state index in [9.17, 15) is 4.39 Å². The molecule has 0 bridgehead atoms. The van der Waals surface area contributed by atoms with E-state index in [2.05, 4.69) is 9.97 Å². The van der Waals surface area contributed by atoms with Gasteiger partial charge in [-0.3, -0.25) is 0 Å². The molecule has 5 atom stereocenters. The lowest BCUT2D eigenvalue weighted by molar-refractivity contribution is -0.156. The van der Waals surface area contributed by atoms with Crippen LogP contribution in [0.3, 0.4) is 0 Å². The van der Waals surface area contributed by atoms with E-state index in [4.69, 9.17) is 15.2 Å². The van der Waals surface area contributed by atoms with Crippen molar-refractivity contribution in [2.24, 2.45) is 11.8 Å². The van der Waals surface area contributed by atoms with Gasteiger partial charge in [-0.2, -0.15) is 0 Å². The summed E-state index contributed by atoms with van der Waals surface area (Å²) in [5.41, 5.74) is 6.86. The molecule has 2 aliphatic carbocycles. The summed E-state index contributed by atoms with van der Waals surface area (Å²) in [4.78, 5) is 8.46. The van der Waals surface area contributed by atoms with Gasteiger partial charge in [0.15, 0.2) is 17.3 Å². The number of rotatable bonds is 1. The number of hydrogen-bond donors (Lipinski definition) is 1. The highest BCUT2D eigenvalue weighted by atomic mass is 19.1. The van der Waals surface area contributed by atoms with Crippen LogP contribution in [0.1, 0.15) is 26.3 Å². The zero-order valence-corrected chi connectivity index (χ0v) is 12.4. The molecule has 7 heteroatoms. The Morgan fingerprint density at radius 1 is 1.27 bits per heavy atom. The number of anilines is 1. The van der Waals surface area contributed by atoms with Crippen molar-refractivity contribution in [3.8, 4) is 0 Å². The minimum atomic E-state index is -0.559. The molecule has 0 amide bonds. The predicted molar refractivity (Wildman–Crippen MR) is 76.4 cm³/mol. The molecule has 1 saturated heterocycles. The Labute approximate surface area is 126 Å². The van der Waals surface area contributed by atoms with Gasteiger partial charge >= 0.3 is 0 Å². The minimum Gasteiger partial charge on any atom is -0.394 e. The standard InChI is InChI=1S/C15H17FN4O2/c1-15(2)21-12-7-3-6(7)11(13(12)22-15)20-5-19-10-9(17)8(16)4-18-14(10)20/h4-7,11-13H,3H2,1-2H3,(H2,17,18)/t6-,7+,11+,12+,13-/m0/s1. The summed E-state index contributed by atoms with van der Waals surface area (Å²) in [5.74, 6) is -0.0488. The lowest BCUT2D eigenvalue weighted by atomic mass is 10.1. The molecule has 3 fully saturated rings. The van der Waals surface area contributed by atoms with Crippen LogP contribution < -0.4 is 5.73 Å². The number of halogens is 1. The van der Waals surface area contributed by atoms with Crippen molar-refractivity contribution < 1.29 is 13.9 Å². The highest BCUT2D eigenvalue weighted by Crippen LogP contribution is 2.63. The monoisotopic (exact) mass is 304 g/mol. The number of nitrogens with two attached hydrogens (primary N) is 1. The Kier molecular flexibility index (Phi) is 2.19. The van der Waals surface area contributed by atoms with Crippen LogP contribution in [0.5, 0.6) is 0 Å². The first-order chi connectivity index (χ1) is 10.5. The fourth-order valence-corrected chi connectivity index (χ4v) is 4.22. The number of nitrogens with zero attached hydrogens (tertiary/aromatic N) is 3. The van der Waals surface area contributed by atoms with E-state index in [-0.39, 0.29) is 23.9 Å². The van der Waals surface area contributed by atoms with Crippen LogP contribution in [0.15, 0.2) is 12.5 Å². The third kappa shape index (κ3) is 1.50. The van der Waals surface area contributed by atoms with Gasteiger partial charge in [0, 0.05) is 0 Å². The summed E-state index contributed by atoms with van der Waals surface area (Å²) in [6.45, 7) is 3.88. The Hall–Kier alpha value is -1.73. The average Bonchev–Trinajstić information content (AvgIpc) is 2.86. The van der Waals surface area contributed by atoms with Crippen LogP contribution in [0.4, 0.5) is 10.1 Å². The maximum atomic E-state index is 13.6. The molecule has 2 aromatic rings. The number of pyridine rings is 1. The molecule has 116 valence electrons. The summed E-state index contributed by atoms with van der Waals surface area (Å²) in [7, 11) is 0. The number of hydrogen-bond acceptors (Lipinski definition) is 5. The van der Waals surface area contributed by atoms with Gasteiger partial charge in [0.25, 0.3) is 0 Å². The summed E-state index contributed by atoms with van der Waals surface area (Å²) in [6, 6.07) is 0.124. The van der Waals surface area contributed by atoms with E-state index in [0.717, 1.165) is 12.6 Å². The molecule has 0 unspecified atom stereocenters. The molecule has 1 aliphatic heterocycles. The molecule has 22 heavy (non-hydrogen) atoms. The second kappa shape index (κ2) is 3.78. The summed E-state index contributed by atoms with van der Waals surface area (Å²) < 4.78 is 27.7. The average molecular weight is 304 g/mol. The van der Waals surface area contributed by atoms with Crippen molar-refractivity contribution in [2.75, 3.05) is 5.73 Å². The fourth-order valence-electron chi connectivity index (χ4n) is 4.22. The molecule has 0 aromatic carbocycles. The molecule has 6 nitrogen and oxygen atoms in total. The Morgan fingerprint density at radius 2 is 2.05 bits per heavy atom. The first kappa shape index (κ1) is 12.8. The van der Waals surface area contributed by atoms with Crippen LogP contribution in [0.25, 0.3) is 11.2 Å². The largest absolute Gasteiger partial charge is 0.394 e. The van der Waals surface area contributed by atoms with Crippen molar-refractivity contribution in [3.63, 3.8) is 0 Å². The van der Waals surface area contributed by atoms with Gasteiger partial charge in [0.1, 0.15) is 11.6 Å². The van der Waals surface area contributed by atoms with Gasteiger partial charge in [0.2, 0.25) is 0 Å². The first-order valence-corrected chi connectivity index (χ1v) is 7.58. The Morgan fingerprint density at radius 3 is 2.86 bits per heavy atom. The van der Waals surface area contributed by atoms with Crippen molar-refractivity contribution in [1.82, 2.24) is 14.5 Å². The third-order valence-corrected chi connectivity index (χ3v) is 5.15. The maximum Gasteiger partial charge on any atom is 0.166 e. The van der Waals surface area contributed by atoms with Crippen molar-refractivity contribution >= 4 is 16.9 Å². The fraction of sp³-hybridized carbons (Fsp3) is 0.600. The molecular formula is C15H17FN4O2. The van der Waals surface area contributed by atoms with E-state index >= 15 is 0 Å². The van der Waals surface area contributed by atoms with Gasteiger partial charge in [-0.05, 0) is 32.1 Å². The lowest BCUT2D eigenvalue weighted by Gasteiger charge is -2.24. The number of imidazole rings is 1. The molecule has 2 saturated carbocycles. The van der Waals surface area contributed by atoms with Gasteiger partial charge in [-0.25, -0.2) is 14.4 Å². The molecule has 2 N–H and O–H groups in total. The maximum absolute atomic E-state index is 13.6. The number of ether oxygens (including phenoxy) is 2. The normalized spacial score (nSPS) is 38.2. The van der Waals surface area contributed by atoms with Crippen molar-refractivity contribution in [3.05, 3.63) is 18.3 Å². The molecule has 3 aliphatic rings. The second-order valence-electron chi connectivity index (χ2n) is 6.96. The van der Waals surface area contributed by atoms with Crippen LogP contribution in [0.2, 0.25) is 0 Å². The van der Waals surface area contributed by atoms with E-state index < -0.39 is 11.6 Å². The third-order valence-electron chi connectivity index (χ3n) is 5.15.